The summed E-state index contributed by atoms with van der Waals surface area (Å²) in [4.78, 5) is 0. The highest BCUT2D eigenvalue weighted by atomic mass is 15.5. The Hall–Kier alpha value is -0.865. The second-order valence-electron chi connectivity index (χ2n) is 1.17. The lowest BCUT2D eigenvalue weighted by molar-refractivity contribution is 0.842. The van der Waals surface area contributed by atoms with E-state index in [0.717, 1.165) is 4.59 Å². The minimum absolute atomic E-state index is 0.611. The highest BCUT2D eigenvalue weighted by Gasteiger charge is 1.87. The molecule has 0 aromatic carbocycles. The second-order valence-corrected chi connectivity index (χ2v) is 1.17. The monoisotopic (exact) mass is 94.0 g/mol. The summed E-state index contributed by atoms with van der Waals surface area (Å²) in [7, 11) is 5.12. The molecule has 0 aliphatic rings. The van der Waals surface area contributed by atoms with Gasteiger partial charge in [0.05, 0.1) is 0 Å². The van der Waals surface area contributed by atoms with E-state index in [-0.39, 0.29) is 0 Å². The van der Waals surface area contributed by atoms with Gasteiger partial charge >= 0.3 is 0 Å². The maximum Gasteiger partial charge on any atom is 0.269 e. The van der Waals surface area contributed by atoms with Crippen LogP contribution in [0.15, 0.2) is 0 Å². The van der Waals surface area contributed by atoms with Crippen LogP contribution in [0.5, 0.6) is 0 Å². The molecule has 0 fully saturated rings. The van der Waals surface area contributed by atoms with Crippen molar-refractivity contribution in [1.29, 1.82) is 0 Å². The summed E-state index contributed by atoms with van der Waals surface area (Å²) in [6.45, 7) is 1.72. The van der Waals surface area contributed by atoms with Crippen LogP contribution < -0.4 is 0 Å². The standard InChI is InChI=1S/C2H3BN4/c1-2-4-5-6-7(2)3/h1H3. The van der Waals surface area contributed by atoms with Crippen molar-refractivity contribution in [3.05, 3.63) is 5.82 Å². The fourth-order valence-corrected chi connectivity index (χ4v) is 0.238. The quantitative estimate of drug-likeness (QED) is 0.383. The summed E-state index contributed by atoms with van der Waals surface area (Å²) in [5.41, 5.74) is 0. The van der Waals surface area contributed by atoms with Gasteiger partial charge in [-0.25, -0.2) is 0 Å². The zero-order chi connectivity index (χ0) is 5.28. The van der Waals surface area contributed by atoms with Gasteiger partial charge < -0.3 is 0 Å². The lowest BCUT2D eigenvalue weighted by Crippen LogP contribution is -1.95. The first-order chi connectivity index (χ1) is 3.30. The molecule has 0 saturated heterocycles. The Morgan fingerprint density at radius 2 is 2.43 bits per heavy atom. The summed E-state index contributed by atoms with van der Waals surface area (Å²) in [6.07, 6.45) is 0. The van der Waals surface area contributed by atoms with Gasteiger partial charge in [0.15, 0.2) is 0 Å². The molecular weight excluding hydrogens is 90.9 g/mol. The first kappa shape index (κ1) is 4.30. The van der Waals surface area contributed by atoms with E-state index in [4.69, 9.17) is 7.98 Å². The van der Waals surface area contributed by atoms with E-state index in [9.17, 15) is 0 Å². The Kier molecular flexibility index (Phi) is 0.815. The molecule has 34 valence electrons. The van der Waals surface area contributed by atoms with Gasteiger partial charge in [-0.05, 0) is 12.1 Å². The van der Waals surface area contributed by atoms with Crippen LogP contribution in [0.1, 0.15) is 5.82 Å². The first-order valence-corrected chi connectivity index (χ1v) is 1.81. The highest BCUT2D eigenvalue weighted by Crippen LogP contribution is 1.77. The highest BCUT2D eigenvalue weighted by molar-refractivity contribution is 6.05. The van der Waals surface area contributed by atoms with Crippen molar-refractivity contribution in [2.75, 3.05) is 0 Å². The van der Waals surface area contributed by atoms with Crippen molar-refractivity contribution in [3.63, 3.8) is 0 Å². The molecule has 7 heavy (non-hydrogen) atoms. The van der Waals surface area contributed by atoms with E-state index in [1.54, 1.807) is 6.92 Å². The number of hydrogen-bond donors (Lipinski definition) is 0. The predicted molar refractivity (Wildman–Crippen MR) is 23.7 cm³/mol. The molecule has 2 radical (unpaired) electrons. The van der Waals surface area contributed by atoms with Gasteiger partial charge in [-0.15, -0.1) is 5.10 Å². The number of hydrogen-bond acceptors (Lipinski definition) is 3. The van der Waals surface area contributed by atoms with Gasteiger partial charge in [-0.1, -0.05) is 5.21 Å². The summed E-state index contributed by atoms with van der Waals surface area (Å²) in [5.74, 6) is 0.611. The van der Waals surface area contributed by atoms with Crippen LogP contribution in [0.25, 0.3) is 0 Å². The maximum absolute atomic E-state index is 5.12. The number of nitrogens with zero attached hydrogens (tertiary/aromatic N) is 4. The topological polar surface area (TPSA) is 43.6 Å². The molecule has 0 atom stereocenters. The van der Waals surface area contributed by atoms with E-state index < -0.39 is 0 Å². The third kappa shape index (κ3) is 0.605. The van der Waals surface area contributed by atoms with Crippen molar-refractivity contribution in [3.8, 4) is 0 Å². The Balaban J connectivity index is 3.12. The minimum atomic E-state index is 0.611. The minimum Gasteiger partial charge on any atom is -0.292 e. The van der Waals surface area contributed by atoms with Gasteiger partial charge in [0, 0.05) is 0 Å². The lowest BCUT2D eigenvalue weighted by atomic mass is 10.4. The molecule has 0 aliphatic carbocycles. The number of tetrazole rings is 1. The summed E-state index contributed by atoms with van der Waals surface area (Å²) < 4.78 is 1.11. The molecule has 1 aromatic rings. The van der Waals surface area contributed by atoms with Crippen molar-refractivity contribution in [2.24, 2.45) is 0 Å². The van der Waals surface area contributed by atoms with Crippen LogP contribution >= 0.6 is 0 Å². The molecule has 1 heterocycles. The summed E-state index contributed by atoms with van der Waals surface area (Å²) in [5, 5.41) is 10.1. The van der Waals surface area contributed by atoms with Crippen LogP contribution in [0, 0.1) is 6.92 Å². The van der Waals surface area contributed by atoms with Crippen LogP contribution in [0.3, 0.4) is 0 Å². The average molecular weight is 93.9 g/mol. The number of rotatable bonds is 0. The van der Waals surface area contributed by atoms with Crippen LogP contribution in [0.2, 0.25) is 0 Å². The molecule has 0 aliphatic heterocycles. The summed E-state index contributed by atoms with van der Waals surface area (Å²) >= 11 is 0. The zero-order valence-corrected chi connectivity index (χ0v) is 3.87. The van der Waals surface area contributed by atoms with E-state index in [0.29, 0.717) is 5.82 Å². The van der Waals surface area contributed by atoms with E-state index >= 15 is 0 Å². The molecule has 4 nitrogen and oxygen atoms in total. The van der Waals surface area contributed by atoms with Crippen molar-refractivity contribution < 1.29 is 0 Å². The van der Waals surface area contributed by atoms with E-state index in [2.05, 4.69) is 15.5 Å². The van der Waals surface area contributed by atoms with Crippen molar-refractivity contribution >= 4 is 7.98 Å². The van der Waals surface area contributed by atoms with Crippen LogP contribution in [-0.4, -0.2) is 28.1 Å². The van der Waals surface area contributed by atoms with Crippen molar-refractivity contribution in [1.82, 2.24) is 20.1 Å². The van der Waals surface area contributed by atoms with Gasteiger partial charge in [0.1, 0.15) is 5.82 Å². The van der Waals surface area contributed by atoms with Crippen molar-refractivity contribution in [2.45, 2.75) is 6.92 Å². The fourth-order valence-electron chi connectivity index (χ4n) is 0.238. The molecule has 0 bridgehead atoms. The molecule has 0 spiro atoms. The molecule has 1 rings (SSSR count). The number of aromatic nitrogens is 4. The normalized spacial score (nSPS) is 9.29. The third-order valence-electron chi connectivity index (χ3n) is 0.657. The molecular formula is C2H3BN4. The van der Waals surface area contributed by atoms with Gasteiger partial charge in [-0.3, -0.25) is 4.59 Å². The lowest BCUT2D eigenvalue weighted by Gasteiger charge is -1.82. The first-order valence-electron chi connectivity index (χ1n) is 1.81. The van der Waals surface area contributed by atoms with E-state index in [1.165, 1.54) is 0 Å². The van der Waals surface area contributed by atoms with Gasteiger partial charge in [0.25, 0.3) is 7.98 Å². The molecule has 0 amide bonds. The Morgan fingerprint density at radius 1 is 1.71 bits per heavy atom. The zero-order valence-electron chi connectivity index (χ0n) is 3.87. The Labute approximate surface area is 42.0 Å². The fraction of sp³-hybridized carbons (Fsp3) is 0.500. The predicted octanol–water partition coefficient (Wildman–Crippen LogP) is -1.09. The van der Waals surface area contributed by atoms with E-state index in [1.807, 2.05) is 0 Å². The van der Waals surface area contributed by atoms with Crippen LogP contribution in [0.4, 0.5) is 0 Å². The molecule has 1 aromatic heterocycles. The Bertz CT molecular complexity index is 142. The Morgan fingerprint density at radius 3 is 2.57 bits per heavy atom. The largest absolute Gasteiger partial charge is 0.292 e. The third-order valence-corrected chi connectivity index (χ3v) is 0.657. The molecule has 0 N–H and O–H groups in total. The SMILES string of the molecule is [B]n1nnnc1C. The van der Waals surface area contributed by atoms with Gasteiger partial charge in [0.2, 0.25) is 0 Å². The van der Waals surface area contributed by atoms with Gasteiger partial charge in [-0.2, -0.15) is 0 Å². The number of aryl methyl sites for hydroxylation is 1. The second kappa shape index (κ2) is 1.33. The average Bonchev–Trinajstić information content (AvgIpc) is 1.91. The summed E-state index contributed by atoms with van der Waals surface area (Å²) in [6, 6.07) is 0. The molecule has 0 saturated carbocycles. The molecule has 0 unspecified atom stereocenters. The maximum atomic E-state index is 5.12. The molecule has 5 heteroatoms. The van der Waals surface area contributed by atoms with Crippen LogP contribution in [-0.2, 0) is 0 Å². The smallest absolute Gasteiger partial charge is 0.269 e.